The third kappa shape index (κ3) is 1.79. The highest BCUT2D eigenvalue weighted by molar-refractivity contribution is 5.17. The van der Waals surface area contributed by atoms with Gasteiger partial charge in [0.1, 0.15) is 0 Å². The van der Waals surface area contributed by atoms with Crippen molar-refractivity contribution in [2.45, 2.75) is 66.9 Å². The first-order valence-electron chi connectivity index (χ1n) is 9.29. The maximum absolute atomic E-state index is 10.4. The van der Waals surface area contributed by atoms with E-state index >= 15 is 0 Å². The molecule has 1 N–H and O–H groups in total. The Balaban J connectivity index is 1.74. The molecule has 9 unspecified atom stereocenters. The monoisotopic (exact) mass is 290 g/mol. The lowest BCUT2D eigenvalue weighted by Gasteiger charge is -2.52. The summed E-state index contributed by atoms with van der Waals surface area (Å²) in [6.07, 6.45) is 3.96. The number of rotatable bonds is 0. The van der Waals surface area contributed by atoms with Gasteiger partial charge in [-0.1, -0.05) is 41.5 Å². The highest BCUT2D eigenvalue weighted by atomic mass is 16.3. The Hall–Kier alpha value is -0.0400. The summed E-state index contributed by atoms with van der Waals surface area (Å²) in [5.74, 6) is 6.94. The summed E-state index contributed by atoms with van der Waals surface area (Å²) < 4.78 is 0. The molecule has 4 aliphatic carbocycles. The van der Waals surface area contributed by atoms with Gasteiger partial charge >= 0.3 is 0 Å². The summed E-state index contributed by atoms with van der Waals surface area (Å²) >= 11 is 0. The van der Waals surface area contributed by atoms with Crippen LogP contribution < -0.4 is 0 Å². The second-order valence-electron chi connectivity index (χ2n) is 11.0. The third-order valence-electron chi connectivity index (χ3n) is 7.94. The first-order chi connectivity index (χ1) is 9.60. The predicted molar refractivity (Wildman–Crippen MR) is 86.7 cm³/mol. The van der Waals surface area contributed by atoms with Crippen molar-refractivity contribution in [3.05, 3.63) is 0 Å². The van der Waals surface area contributed by atoms with Crippen LogP contribution in [0.1, 0.15) is 60.8 Å². The van der Waals surface area contributed by atoms with Gasteiger partial charge in [0.25, 0.3) is 0 Å². The minimum Gasteiger partial charge on any atom is -0.393 e. The molecule has 21 heavy (non-hydrogen) atoms. The highest BCUT2D eigenvalue weighted by Crippen LogP contribution is 2.74. The summed E-state index contributed by atoms with van der Waals surface area (Å²) in [7, 11) is 0. The van der Waals surface area contributed by atoms with Crippen molar-refractivity contribution >= 4 is 0 Å². The maximum Gasteiger partial charge on any atom is 0.0574 e. The molecule has 0 heterocycles. The topological polar surface area (TPSA) is 20.2 Å². The molecule has 1 nitrogen and oxygen atoms in total. The van der Waals surface area contributed by atoms with E-state index in [0.717, 1.165) is 47.8 Å². The molecule has 4 fully saturated rings. The summed E-state index contributed by atoms with van der Waals surface area (Å²) in [5, 5.41) is 10.4. The second-order valence-corrected chi connectivity index (χ2v) is 11.0. The van der Waals surface area contributed by atoms with Gasteiger partial charge in [-0.3, -0.25) is 0 Å². The van der Waals surface area contributed by atoms with Crippen LogP contribution in [0.3, 0.4) is 0 Å². The Morgan fingerprint density at radius 1 is 0.667 bits per heavy atom. The maximum atomic E-state index is 10.4. The Labute approximate surface area is 130 Å². The van der Waals surface area contributed by atoms with E-state index in [-0.39, 0.29) is 6.10 Å². The van der Waals surface area contributed by atoms with Gasteiger partial charge in [0, 0.05) is 0 Å². The number of hydrogen-bond donors (Lipinski definition) is 1. The molecule has 0 aromatic heterocycles. The smallest absolute Gasteiger partial charge is 0.0574 e. The van der Waals surface area contributed by atoms with Crippen molar-refractivity contribution in [2.75, 3.05) is 0 Å². The third-order valence-corrected chi connectivity index (χ3v) is 7.94. The van der Waals surface area contributed by atoms with Crippen molar-refractivity contribution in [1.29, 1.82) is 0 Å². The lowest BCUT2D eigenvalue weighted by Crippen LogP contribution is -2.49. The molecule has 0 spiro atoms. The standard InChI is InChI=1S/C20H34O/c1-19(2,3)17-12-9-13(18(17)20(4,5)6)16-11-7-10(15(12)16)8-14(11)21/h10-18,21H,7-9H2,1-6H3. The van der Waals surface area contributed by atoms with Gasteiger partial charge in [0.15, 0.2) is 0 Å². The first-order valence-corrected chi connectivity index (χ1v) is 9.29. The Bertz CT molecular complexity index is 440. The van der Waals surface area contributed by atoms with E-state index in [2.05, 4.69) is 41.5 Å². The van der Waals surface area contributed by atoms with Gasteiger partial charge in [0.2, 0.25) is 0 Å². The van der Waals surface area contributed by atoms with Gasteiger partial charge < -0.3 is 5.11 Å². The molecule has 0 aromatic carbocycles. The first kappa shape index (κ1) is 14.5. The molecule has 4 saturated carbocycles. The largest absolute Gasteiger partial charge is 0.393 e. The fourth-order valence-electron chi connectivity index (χ4n) is 7.95. The van der Waals surface area contributed by atoms with Gasteiger partial charge in [-0.15, -0.1) is 0 Å². The fraction of sp³-hybridized carbons (Fsp3) is 1.00. The van der Waals surface area contributed by atoms with E-state index in [1.807, 2.05) is 0 Å². The van der Waals surface area contributed by atoms with Gasteiger partial charge in [-0.2, -0.15) is 0 Å². The van der Waals surface area contributed by atoms with E-state index in [1.54, 1.807) is 0 Å². The lowest BCUT2D eigenvalue weighted by atomic mass is 9.52. The van der Waals surface area contributed by atoms with E-state index in [4.69, 9.17) is 0 Å². The minimum atomic E-state index is 0.0318. The summed E-state index contributed by atoms with van der Waals surface area (Å²) in [6.45, 7) is 14.8. The summed E-state index contributed by atoms with van der Waals surface area (Å²) in [4.78, 5) is 0. The van der Waals surface area contributed by atoms with E-state index < -0.39 is 0 Å². The van der Waals surface area contributed by atoms with Gasteiger partial charge in [-0.05, 0) is 77.4 Å². The molecule has 4 bridgehead atoms. The molecule has 0 aromatic rings. The lowest BCUT2D eigenvalue weighted by molar-refractivity contribution is -0.0671. The van der Waals surface area contributed by atoms with Crippen LogP contribution in [0, 0.1) is 58.2 Å². The van der Waals surface area contributed by atoms with E-state index in [0.29, 0.717) is 16.7 Å². The average molecular weight is 290 g/mol. The molecule has 120 valence electrons. The molecule has 0 aliphatic heterocycles. The normalized spacial score (nSPS) is 55.3. The Morgan fingerprint density at radius 3 is 1.71 bits per heavy atom. The van der Waals surface area contributed by atoms with Crippen molar-refractivity contribution < 1.29 is 5.11 Å². The summed E-state index contributed by atoms with van der Waals surface area (Å²) in [5.41, 5.74) is 0.845. The van der Waals surface area contributed by atoms with Crippen LogP contribution in [-0.2, 0) is 0 Å². The molecule has 4 rings (SSSR count). The van der Waals surface area contributed by atoms with E-state index in [9.17, 15) is 5.11 Å². The van der Waals surface area contributed by atoms with E-state index in [1.165, 1.54) is 12.8 Å². The fourth-order valence-corrected chi connectivity index (χ4v) is 7.95. The SMILES string of the molecule is CC(C)(C)C1C2CC(C3C4CC(CC4O)C23)C1C(C)(C)C. The van der Waals surface area contributed by atoms with Crippen LogP contribution in [0.15, 0.2) is 0 Å². The number of hydrogen-bond acceptors (Lipinski definition) is 1. The molecule has 9 atom stereocenters. The molecule has 4 aliphatic rings. The van der Waals surface area contributed by atoms with Crippen LogP contribution in [0.2, 0.25) is 0 Å². The molecular formula is C20H34O. The highest BCUT2D eigenvalue weighted by Gasteiger charge is 2.69. The number of aliphatic hydroxyl groups excluding tert-OH is 1. The zero-order valence-corrected chi connectivity index (χ0v) is 14.8. The molecule has 0 radical (unpaired) electrons. The number of aliphatic hydroxyl groups is 1. The second kappa shape index (κ2) is 4.08. The Kier molecular flexibility index (Phi) is 2.82. The molecule has 0 amide bonds. The molecule has 0 saturated heterocycles. The minimum absolute atomic E-state index is 0.0318. The van der Waals surface area contributed by atoms with Crippen LogP contribution in [0.4, 0.5) is 0 Å². The van der Waals surface area contributed by atoms with Crippen LogP contribution in [0.25, 0.3) is 0 Å². The Morgan fingerprint density at radius 2 is 1.19 bits per heavy atom. The molecule has 1 heteroatoms. The van der Waals surface area contributed by atoms with Gasteiger partial charge in [0.05, 0.1) is 6.10 Å². The zero-order chi connectivity index (χ0) is 15.3. The van der Waals surface area contributed by atoms with Crippen molar-refractivity contribution in [1.82, 2.24) is 0 Å². The van der Waals surface area contributed by atoms with Crippen molar-refractivity contribution in [2.24, 2.45) is 58.2 Å². The zero-order valence-electron chi connectivity index (χ0n) is 14.8. The van der Waals surface area contributed by atoms with Gasteiger partial charge in [-0.25, -0.2) is 0 Å². The quantitative estimate of drug-likeness (QED) is 0.647. The predicted octanol–water partition coefficient (Wildman–Crippen LogP) is 4.59. The van der Waals surface area contributed by atoms with Crippen LogP contribution in [-0.4, -0.2) is 11.2 Å². The van der Waals surface area contributed by atoms with Crippen LogP contribution >= 0.6 is 0 Å². The molecular weight excluding hydrogens is 256 g/mol. The summed E-state index contributed by atoms with van der Waals surface area (Å²) in [6, 6.07) is 0. The van der Waals surface area contributed by atoms with Crippen molar-refractivity contribution in [3.8, 4) is 0 Å². The van der Waals surface area contributed by atoms with Crippen LogP contribution in [0.5, 0.6) is 0 Å². The number of fused-ring (bicyclic) bond motifs is 9. The average Bonchev–Trinajstić information content (AvgIpc) is 2.99. The van der Waals surface area contributed by atoms with Crippen molar-refractivity contribution in [3.63, 3.8) is 0 Å².